The third kappa shape index (κ3) is 5.34. The van der Waals surface area contributed by atoms with Gasteiger partial charge in [-0.3, -0.25) is 0 Å². The minimum Gasteiger partial charge on any atom is -0.488 e. The highest BCUT2D eigenvalue weighted by Gasteiger charge is 2.15. The highest BCUT2D eigenvalue weighted by molar-refractivity contribution is 6.33. The van der Waals surface area contributed by atoms with Crippen molar-refractivity contribution in [2.45, 2.75) is 32.4 Å². The van der Waals surface area contributed by atoms with Crippen molar-refractivity contribution in [3.8, 4) is 5.75 Å². The maximum absolute atomic E-state index is 14.3. The molecule has 0 atom stereocenters. The van der Waals surface area contributed by atoms with Gasteiger partial charge in [0.1, 0.15) is 18.2 Å². The van der Waals surface area contributed by atoms with E-state index in [-0.39, 0.29) is 12.4 Å². The second-order valence-corrected chi connectivity index (χ2v) is 9.63. The third-order valence-corrected chi connectivity index (χ3v) is 7.20. The van der Waals surface area contributed by atoms with E-state index in [1.807, 2.05) is 30.3 Å². The SMILES string of the molecule is Fc1cccc(Cl)c1COc1ccc2ccccc2c1CNc1ccc(N2CCCCC2)c(Cl)c1. The Balaban J connectivity index is 1.38. The Morgan fingerprint density at radius 3 is 2.46 bits per heavy atom. The Labute approximate surface area is 215 Å². The van der Waals surface area contributed by atoms with E-state index >= 15 is 0 Å². The number of nitrogens with zero attached hydrogens (tertiary/aromatic N) is 1. The van der Waals surface area contributed by atoms with Crippen molar-refractivity contribution in [3.05, 3.63) is 99.8 Å². The van der Waals surface area contributed by atoms with Crippen LogP contribution < -0.4 is 15.0 Å². The van der Waals surface area contributed by atoms with Gasteiger partial charge in [0.25, 0.3) is 0 Å². The molecule has 180 valence electrons. The molecule has 0 unspecified atom stereocenters. The number of fused-ring (bicyclic) bond motifs is 1. The molecule has 1 aliphatic rings. The van der Waals surface area contributed by atoms with Gasteiger partial charge >= 0.3 is 0 Å². The first-order valence-corrected chi connectivity index (χ1v) is 12.7. The van der Waals surface area contributed by atoms with Crippen LogP contribution in [0.5, 0.6) is 5.75 Å². The zero-order valence-corrected chi connectivity index (χ0v) is 20.9. The summed E-state index contributed by atoms with van der Waals surface area (Å²) < 4.78 is 20.4. The smallest absolute Gasteiger partial charge is 0.131 e. The van der Waals surface area contributed by atoms with Crippen LogP contribution in [0.4, 0.5) is 15.8 Å². The van der Waals surface area contributed by atoms with E-state index in [0.29, 0.717) is 22.9 Å². The monoisotopic (exact) mass is 508 g/mol. The highest BCUT2D eigenvalue weighted by atomic mass is 35.5. The van der Waals surface area contributed by atoms with Gasteiger partial charge in [-0.15, -0.1) is 0 Å². The molecule has 5 rings (SSSR count). The lowest BCUT2D eigenvalue weighted by Gasteiger charge is -2.29. The topological polar surface area (TPSA) is 24.5 Å². The summed E-state index contributed by atoms with van der Waals surface area (Å²) in [6.07, 6.45) is 3.70. The van der Waals surface area contributed by atoms with E-state index in [4.69, 9.17) is 27.9 Å². The number of benzene rings is 4. The molecular formula is C29H27Cl2FN2O. The number of hydrogen-bond acceptors (Lipinski definition) is 3. The largest absolute Gasteiger partial charge is 0.488 e. The standard InChI is InChI=1S/C29H27Cl2FN2O/c30-25-9-6-10-27(32)24(25)19-35-29-14-11-20-7-2-3-8-22(20)23(29)18-33-21-12-13-28(26(31)17-21)34-15-4-1-5-16-34/h2-3,6-14,17,33H,1,4-5,15-16,18-19H2. The van der Waals surface area contributed by atoms with Gasteiger partial charge in [0.15, 0.2) is 0 Å². The predicted octanol–water partition coefficient (Wildman–Crippen LogP) is 8.47. The molecule has 0 aliphatic carbocycles. The van der Waals surface area contributed by atoms with Crippen LogP contribution in [0.3, 0.4) is 0 Å². The van der Waals surface area contributed by atoms with E-state index in [9.17, 15) is 4.39 Å². The van der Waals surface area contributed by atoms with Crippen LogP contribution in [-0.2, 0) is 13.2 Å². The summed E-state index contributed by atoms with van der Waals surface area (Å²) in [4.78, 5) is 2.36. The fourth-order valence-corrected chi connectivity index (χ4v) is 5.17. The molecule has 4 aromatic rings. The average molecular weight is 509 g/mol. The first-order valence-electron chi connectivity index (χ1n) is 11.9. The molecule has 0 bridgehead atoms. The average Bonchev–Trinajstić information content (AvgIpc) is 2.88. The minimum absolute atomic E-state index is 0.0488. The van der Waals surface area contributed by atoms with E-state index < -0.39 is 0 Å². The molecule has 1 aliphatic heterocycles. The maximum Gasteiger partial charge on any atom is 0.131 e. The summed E-state index contributed by atoms with van der Waals surface area (Å²) >= 11 is 12.9. The molecular weight excluding hydrogens is 482 g/mol. The fraction of sp³-hybridized carbons (Fsp3) is 0.241. The van der Waals surface area contributed by atoms with Gasteiger partial charge in [-0.1, -0.05) is 59.6 Å². The molecule has 1 fully saturated rings. The van der Waals surface area contributed by atoms with Crippen LogP contribution in [0.1, 0.15) is 30.4 Å². The van der Waals surface area contributed by atoms with Crippen molar-refractivity contribution in [2.24, 2.45) is 0 Å². The molecule has 0 amide bonds. The lowest BCUT2D eigenvalue weighted by Crippen LogP contribution is -2.29. The molecule has 6 heteroatoms. The lowest BCUT2D eigenvalue weighted by molar-refractivity contribution is 0.297. The van der Waals surface area contributed by atoms with Gasteiger partial charge in [0, 0.05) is 36.4 Å². The Morgan fingerprint density at radius 2 is 1.66 bits per heavy atom. The first kappa shape index (κ1) is 23.8. The van der Waals surface area contributed by atoms with Crippen molar-refractivity contribution < 1.29 is 9.13 Å². The zero-order chi connectivity index (χ0) is 24.2. The predicted molar refractivity (Wildman–Crippen MR) is 145 cm³/mol. The molecule has 3 nitrogen and oxygen atoms in total. The first-order chi connectivity index (χ1) is 17.1. The third-order valence-electron chi connectivity index (χ3n) is 6.55. The Kier molecular flexibility index (Phi) is 7.31. The summed E-state index contributed by atoms with van der Waals surface area (Å²) in [7, 11) is 0. The second-order valence-electron chi connectivity index (χ2n) is 8.82. The molecule has 1 N–H and O–H groups in total. The highest BCUT2D eigenvalue weighted by Crippen LogP contribution is 2.33. The van der Waals surface area contributed by atoms with Crippen molar-refractivity contribution >= 4 is 45.3 Å². The number of ether oxygens (including phenoxy) is 1. The number of nitrogens with one attached hydrogen (secondary N) is 1. The fourth-order valence-electron chi connectivity index (χ4n) is 4.65. The molecule has 0 radical (unpaired) electrons. The van der Waals surface area contributed by atoms with E-state index in [1.54, 1.807) is 12.1 Å². The molecule has 0 saturated carbocycles. The van der Waals surface area contributed by atoms with Gasteiger partial charge in [0.2, 0.25) is 0 Å². The van der Waals surface area contributed by atoms with Crippen LogP contribution >= 0.6 is 23.2 Å². The van der Waals surface area contributed by atoms with Crippen molar-refractivity contribution in [3.63, 3.8) is 0 Å². The summed E-state index contributed by atoms with van der Waals surface area (Å²) in [6, 6.07) is 22.9. The van der Waals surface area contributed by atoms with E-state index in [1.165, 1.54) is 25.3 Å². The van der Waals surface area contributed by atoms with Gasteiger partial charge < -0.3 is 15.0 Å². The normalized spacial score (nSPS) is 13.7. The molecule has 35 heavy (non-hydrogen) atoms. The van der Waals surface area contributed by atoms with Gasteiger partial charge in [-0.2, -0.15) is 0 Å². The van der Waals surface area contributed by atoms with Gasteiger partial charge in [-0.25, -0.2) is 4.39 Å². The van der Waals surface area contributed by atoms with Crippen LogP contribution in [0.25, 0.3) is 10.8 Å². The Hall–Kier alpha value is -2.95. The molecule has 0 spiro atoms. The van der Waals surface area contributed by atoms with Crippen molar-refractivity contribution in [2.75, 3.05) is 23.3 Å². The number of hydrogen-bond donors (Lipinski definition) is 1. The van der Waals surface area contributed by atoms with E-state index in [0.717, 1.165) is 45.8 Å². The lowest BCUT2D eigenvalue weighted by atomic mass is 10.0. The Bertz CT molecular complexity index is 1320. The van der Waals surface area contributed by atoms with Gasteiger partial charge in [0.05, 0.1) is 15.7 Å². The maximum atomic E-state index is 14.3. The molecule has 1 heterocycles. The number of anilines is 2. The molecule has 1 saturated heterocycles. The quantitative estimate of drug-likeness (QED) is 0.271. The van der Waals surface area contributed by atoms with Crippen LogP contribution in [-0.4, -0.2) is 13.1 Å². The molecule has 4 aromatic carbocycles. The second kappa shape index (κ2) is 10.8. The summed E-state index contributed by atoms with van der Waals surface area (Å²) in [5.41, 5.74) is 3.37. The van der Waals surface area contributed by atoms with Crippen molar-refractivity contribution in [1.29, 1.82) is 0 Å². The van der Waals surface area contributed by atoms with Gasteiger partial charge in [-0.05, 0) is 66.4 Å². The summed E-state index contributed by atoms with van der Waals surface area (Å²) in [6.45, 7) is 2.68. The summed E-state index contributed by atoms with van der Waals surface area (Å²) in [5, 5.41) is 6.80. The zero-order valence-electron chi connectivity index (χ0n) is 19.4. The minimum atomic E-state index is -0.374. The van der Waals surface area contributed by atoms with E-state index in [2.05, 4.69) is 34.5 Å². The number of rotatable bonds is 7. The van der Waals surface area contributed by atoms with Crippen LogP contribution in [0.15, 0.2) is 72.8 Å². The molecule has 0 aromatic heterocycles. The number of halogens is 3. The van der Waals surface area contributed by atoms with Crippen molar-refractivity contribution in [1.82, 2.24) is 0 Å². The van der Waals surface area contributed by atoms with Crippen LogP contribution in [0.2, 0.25) is 10.0 Å². The van der Waals surface area contributed by atoms with Crippen LogP contribution in [0, 0.1) is 5.82 Å². The Morgan fingerprint density at radius 1 is 0.829 bits per heavy atom. The number of piperidine rings is 1. The summed E-state index contributed by atoms with van der Waals surface area (Å²) in [5.74, 6) is 0.313.